The lowest BCUT2D eigenvalue weighted by atomic mass is 9.90. The van der Waals surface area contributed by atoms with Crippen LogP contribution in [0.5, 0.6) is 0 Å². The monoisotopic (exact) mass is 304 g/mol. The molecule has 1 aromatic carbocycles. The van der Waals surface area contributed by atoms with Gasteiger partial charge in [-0.3, -0.25) is 4.79 Å². The normalized spacial score (nSPS) is 22.0. The third kappa shape index (κ3) is 2.33. The SMILES string of the molecule is Cc1c(Cl)ccc2ccc(N3CCC(C)(C(=O)O)C3)nc12. The summed E-state index contributed by atoms with van der Waals surface area (Å²) in [6.45, 7) is 4.94. The molecule has 0 aliphatic carbocycles. The number of nitrogens with zero attached hydrogens (tertiary/aromatic N) is 2. The first kappa shape index (κ1) is 14.1. The number of pyridine rings is 1. The minimum Gasteiger partial charge on any atom is -0.481 e. The number of hydrogen-bond donors (Lipinski definition) is 1. The molecule has 1 N–H and O–H groups in total. The molecular formula is C16H17ClN2O2. The molecule has 1 unspecified atom stereocenters. The quantitative estimate of drug-likeness (QED) is 0.922. The van der Waals surface area contributed by atoms with Crippen molar-refractivity contribution in [2.24, 2.45) is 5.41 Å². The van der Waals surface area contributed by atoms with Crippen LogP contribution in [0.15, 0.2) is 24.3 Å². The summed E-state index contributed by atoms with van der Waals surface area (Å²) >= 11 is 6.16. The van der Waals surface area contributed by atoms with Gasteiger partial charge in [0.1, 0.15) is 5.82 Å². The molecule has 0 saturated carbocycles. The van der Waals surface area contributed by atoms with E-state index in [0.717, 1.165) is 22.3 Å². The van der Waals surface area contributed by atoms with Crippen LogP contribution in [0.1, 0.15) is 18.9 Å². The summed E-state index contributed by atoms with van der Waals surface area (Å²) in [7, 11) is 0. The number of benzene rings is 1. The van der Waals surface area contributed by atoms with Crippen molar-refractivity contribution in [3.63, 3.8) is 0 Å². The van der Waals surface area contributed by atoms with Gasteiger partial charge >= 0.3 is 5.97 Å². The van der Waals surface area contributed by atoms with Crippen LogP contribution in [0, 0.1) is 12.3 Å². The van der Waals surface area contributed by atoms with Crippen molar-refractivity contribution >= 4 is 34.3 Å². The molecule has 1 aromatic heterocycles. The van der Waals surface area contributed by atoms with E-state index in [0.29, 0.717) is 24.5 Å². The van der Waals surface area contributed by atoms with Gasteiger partial charge < -0.3 is 10.0 Å². The molecule has 1 aliphatic rings. The second-order valence-electron chi connectivity index (χ2n) is 5.95. The molecule has 110 valence electrons. The lowest BCUT2D eigenvalue weighted by Gasteiger charge is -2.21. The largest absolute Gasteiger partial charge is 0.481 e. The van der Waals surface area contributed by atoms with Gasteiger partial charge in [0.15, 0.2) is 0 Å². The number of aliphatic carboxylic acids is 1. The fraction of sp³-hybridized carbons (Fsp3) is 0.375. The second kappa shape index (κ2) is 4.88. The summed E-state index contributed by atoms with van der Waals surface area (Å²) in [6, 6.07) is 7.78. The number of carbonyl (C=O) groups is 1. The zero-order valence-corrected chi connectivity index (χ0v) is 12.8. The second-order valence-corrected chi connectivity index (χ2v) is 6.36. The van der Waals surface area contributed by atoms with Crippen LogP contribution in [0.4, 0.5) is 5.82 Å². The van der Waals surface area contributed by atoms with Crippen LogP contribution in [-0.4, -0.2) is 29.1 Å². The van der Waals surface area contributed by atoms with Gasteiger partial charge in [-0.05, 0) is 44.0 Å². The summed E-state index contributed by atoms with van der Waals surface area (Å²) < 4.78 is 0. The van der Waals surface area contributed by atoms with Crippen LogP contribution >= 0.6 is 11.6 Å². The summed E-state index contributed by atoms with van der Waals surface area (Å²) in [5.74, 6) is 0.0721. The van der Waals surface area contributed by atoms with E-state index in [1.807, 2.05) is 36.1 Å². The molecule has 21 heavy (non-hydrogen) atoms. The van der Waals surface area contributed by atoms with E-state index in [1.165, 1.54) is 0 Å². The number of halogens is 1. The van der Waals surface area contributed by atoms with E-state index in [1.54, 1.807) is 6.92 Å². The zero-order valence-electron chi connectivity index (χ0n) is 12.1. The van der Waals surface area contributed by atoms with E-state index in [4.69, 9.17) is 16.6 Å². The highest BCUT2D eigenvalue weighted by atomic mass is 35.5. The van der Waals surface area contributed by atoms with Crippen molar-refractivity contribution in [3.8, 4) is 0 Å². The molecule has 0 spiro atoms. The Morgan fingerprint density at radius 3 is 2.76 bits per heavy atom. The maximum atomic E-state index is 11.3. The van der Waals surface area contributed by atoms with E-state index >= 15 is 0 Å². The van der Waals surface area contributed by atoms with Gasteiger partial charge in [0, 0.05) is 23.5 Å². The van der Waals surface area contributed by atoms with E-state index < -0.39 is 11.4 Å². The Morgan fingerprint density at radius 2 is 2.10 bits per heavy atom. The Kier molecular flexibility index (Phi) is 3.29. The summed E-state index contributed by atoms with van der Waals surface area (Å²) in [5.41, 5.74) is 1.14. The van der Waals surface area contributed by atoms with Crippen molar-refractivity contribution in [1.82, 2.24) is 4.98 Å². The van der Waals surface area contributed by atoms with E-state index in [2.05, 4.69) is 0 Å². The van der Waals surface area contributed by atoms with E-state index in [-0.39, 0.29) is 0 Å². The molecule has 5 heteroatoms. The molecule has 1 fully saturated rings. The van der Waals surface area contributed by atoms with E-state index in [9.17, 15) is 9.90 Å². The highest BCUT2D eigenvalue weighted by molar-refractivity contribution is 6.32. The van der Waals surface area contributed by atoms with Gasteiger partial charge in [0.25, 0.3) is 0 Å². The van der Waals surface area contributed by atoms with Crippen LogP contribution in [0.3, 0.4) is 0 Å². The Morgan fingerprint density at radius 1 is 1.38 bits per heavy atom. The summed E-state index contributed by atoms with van der Waals surface area (Å²) in [5, 5.41) is 11.1. The predicted molar refractivity (Wildman–Crippen MR) is 84.1 cm³/mol. The van der Waals surface area contributed by atoms with Crippen molar-refractivity contribution < 1.29 is 9.90 Å². The number of aryl methyl sites for hydroxylation is 1. The number of carboxylic acid groups (broad SMARTS) is 1. The van der Waals surface area contributed by atoms with Gasteiger partial charge in [-0.15, -0.1) is 0 Å². The van der Waals surface area contributed by atoms with Crippen molar-refractivity contribution in [2.45, 2.75) is 20.3 Å². The maximum Gasteiger partial charge on any atom is 0.311 e. The van der Waals surface area contributed by atoms with Gasteiger partial charge in [-0.2, -0.15) is 0 Å². The number of fused-ring (bicyclic) bond motifs is 1. The minimum absolute atomic E-state index is 0.487. The number of rotatable bonds is 2. The number of hydrogen-bond acceptors (Lipinski definition) is 3. The molecule has 0 amide bonds. The Balaban J connectivity index is 1.99. The molecule has 1 atom stereocenters. The van der Waals surface area contributed by atoms with Gasteiger partial charge in [0.05, 0.1) is 10.9 Å². The van der Waals surface area contributed by atoms with Gasteiger partial charge in [-0.1, -0.05) is 17.7 Å². The standard InChI is InChI=1S/C16H17ClN2O2/c1-10-12(17)5-3-11-4-6-13(18-14(10)11)19-8-7-16(2,9-19)15(20)21/h3-6H,7-9H2,1-2H3,(H,20,21). The Labute approximate surface area is 128 Å². The van der Waals surface area contributed by atoms with Crippen LogP contribution in [0.2, 0.25) is 5.02 Å². The molecule has 3 rings (SSSR count). The number of anilines is 1. The van der Waals surface area contributed by atoms with Crippen LogP contribution < -0.4 is 4.90 Å². The topological polar surface area (TPSA) is 53.4 Å². The smallest absolute Gasteiger partial charge is 0.311 e. The average Bonchev–Trinajstić information content (AvgIpc) is 2.87. The maximum absolute atomic E-state index is 11.3. The fourth-order valence-corrected chi connectivity index (χ4v) is 2.96. The summed E-state index contributed by atoms with van der Waals surface area (Å²) in [6.07, 6.45) is 0.635. The molecule has 2 heterocycles. The first-order valence-electron chi connectivity index (χ1n) is 6.95. The molecular weight excluding hydrogens is 288 g/mol. The Hall–Kier alpha value is -1.81. The highest BCUT2D eigenvalue weighted by Crippen LogP contribution is 2.34. The van der Waals surface area contributed by atoms with Crippen LogP contribution in [-0.2, 0) is 4.79 Å². The number of carboxylic acids is 1. The molecule has 0 bridgehead atoms. The summed E-state index contributed by atoms with van der Waals surface area (Å²) in [4.78, 5) is 18.1. The third-order valence-corrected chi connectivity index (χ3v) is 4.76. The first-order chi connectivity index (χ1) is 9.90. The lowest BCUT2D eigenvalue weighted by molar-refractivity contribution is -0.146. The molecule has 2 aromatic rings. The minimum atomic E-state index is -0.745. The first-order valence-corrected chi connectivity index (χ1v) is 7.33. The van der Waals surface area contributed by atoms with Gasteiger partial charge in [0.2, 0.25) is 0 Å². The van der Waals surface area contributed by atoms with Crippen molar-refractivity contribution in [2.75, 3.05) is 18.0 Å². The fourth-order valence-electron chi connectivity index (χ4n) is 2.80. The molecule has 4 nitrogen and oxygen atoms in total. The third-order valence-electron chi connectivity index (χ3n) is 4.35. The molecule has 1 aliphatic heterocycles. The molecule has 0 radical (unpaired) electrons. The molecule has 1 saturated heterocycles. The van der Waals surface area contributed by atoms with Crippen LogP contribution in [0.25, 0.3) is 10.9 Å². The lowest BCUT2D eigenvalue weighted by Crippen LogP contribution is -2.31. The van der Waals surface area contributed by atoms with Crippen molar-refractivity contribution in [3.05, 3.63) is 34.9 Å². The van der Waals surface area contributed by atoms with Crippen molar-refractivity contribution in [1.29, 1.82) is 0 Å². The average molecular weight is 305 g/mol. The predicted octanol–water partition coefficient (Wildman–Crippen LogP) is 3.50. The number of aromatic nitrogens is 1. The zero-order chi connectivity index (χ0) is 15.2. The highest BCUT2D eigenvalue weighted by Gasteiger charge is 2.40. The Bertz CT molecular complexity index is 732. The van der Waals surface area contributed by atoms with Gasteiger partial charge in [-0.25, -0.2) is 4.98 Å².